The SMILES string of the molecule is CC(C)(O)c1cc2nc(C3CNC3)sc2cc1NC(=O)c1cccc(C(F)(F)F)n1. The molecule has 0 atom stereocenters. The second-order valence-electron chi connectivity index (χ2n) is 7.69. The van der Waals surface area contributed by atoms with Gasteiger partial charge < -0.3 is 15.7 Å². The van der Waals surface area contributed by atoms with Gasteiger partial charge in [-0.15, -0.1) is 11.3 Å². The van der Waals surface area contributed by atoms with Crippen molar-refractivity contribution in [1.82, 2.24) is 15.3 Å². The van der Waals surface area contributed by atoms with Crippen LogP contribution in [0.15, 0.2) is 30.3 Å². The normalized spacial score (nSPS) is 15.3. The van der Waals surface area contributed by atoms with E-state index in [9.17, 15) is 23.1 Å². The third-order valence-corrected chi connectivity index (χ3v) is 6.04. The van der Waals surface area contributed by atoms with Gasteiger partial charge >= 0.3 is 6.18 Å². The molecule has 0 spiro atoms. The predicted octanol–water partition coefficient (Wildman–Crippen LogP) is 3.88. The van der Waals surface area contributed by atoms with Crippen LogP contribution in [-0.2, 0) is 11.8 Å². The highest BCUT2D eigenvalue weighted by molar-refractivity contribution is 7.18. The Hall–Kier alpha value is -2.56. The van der Waals surface area contributed by atoms with Crippen molar-refractivity contribution in [2.75, 3.05) is 18.4 Å². The Morgan fingerprint density at radius 2 is 1.97 bits per heavy atom. The lowest BCUT2D eigenvalue weighted by molar-refractivity contribution is -0.141. The summed E-state index contributed by atoms with van der Waals surface area (Å²) in [6.07, 6.45) is -4.65. The molecule has 1 aliphatic heterocycles. The Kier molecular flexibility index (Phi) is 5.03. The molecule has 4 rings (SSSR count). The molecule has 30 heavy (non-hydrogen) atoms. The first-order chi connectivity index (χ1) is 14.0. The minimum absolute atomic E-state index is 0.307. The number of thiazole rings is 1. The van der Waals surface area contributed by atoms with Gasteiger partial charge in [-0.1, -0.05) is 6.07 Å². The molecule has 0 bridgehead atoms. The highest BCUT2D eigenvalue weighted by atomic mass is 32.1. The molecular weight excluding hydrogens is 417 g/mol. The number of fused-ring (bicyclic) bond motifs is 1. The fourth-order valence-electron chi connectivity index (χ4n) is 3.14. The minimum atomic E-state index is -4.65. The smallest absolute Gasteiger partial charge is 0.386 e. The van der Waals surface area contributed by atoms with Crippen LogP contribution in [0.4, 0.5) is 18.9 Å². The van der Waals surface area contributed by atoms with Crippen LogP contribution in [0.25, 0.3) is 10.2 Å². The quantitative estimate of drug-likeness (QED) is 0.578. The lowest BCUT2D eigenvalue weighted by Gasteiger charge is -2.24. The molecule has 0 aliphatic carbocycles. The lowest BCUT2D eigenvalue weighted by atomic mass is 9.96. The van der Waals surface area contributed by atoms with Crippen LogP contribution < -0.4 is 10.6 Å². The van der Waals surface area contributed by atoms with Crippen LogP contribution in [-0.4, -0.2) is 34.1 Å². The van der Waals surface area contributed by atoms with Gasteiger partial charge in [-0.2, -0.15) is 13.2 Å². The Bertz CT molecular complexity index is 1120. The molecule has 3 aromatic rings. The van der Waals surface area contributed by atoms with Gasteiger partial charge in [0.05, 0.1) is 20.8 Å². The summed E-state index contributed by atoms with van der Waals surface area (Å²) in [5, 5.41) is 17.4. The molecule has 6 nitrogen and oxygen atoms in total. The van der Waals surface area contributed by atoms with Crippen LogP contribution >= 0.6 is 11.3 Å². The predicted molar refractivity (Wildman–Crippen MR) is 108 cm³/mol. The van der Waals surface area contributed by atoms with Crippen LogP contribution in [0.5, 0.6) is 0 Å². The Labute approximate surface area is 174 Å². The monoisotopic (exact) mass is 436 g/mol. The number of alkyl halides is 3. The zero-order chi connectivity index (χ0) is 21.7. The van der Waals surface area contributed by atoms with Crippen LogP contribution in [0, 0.1) is 0 Å². The standard InChI is InChI=1S/C20H19F3N4O2S/c1-19(2,29)11-6-14-15(30-18(27-14)10-8-24-9-10)7-13(11)26-17(28)12-4-3-5-16(25-12)20(21,22)23/h3-7,10,24,29H,8-9H2,1-2H3,(H,26,28). The van der Waals surface area contributed by atoms with Gasteiger partial charge in [0, 0.05) is 30.3 Å². The average molecular weight is 436 g/mol. The number of carbonyl (C=O) groups excluding carboxylic acids is 1. The van der Waals surface area contributed by atoms with Gasteiger partial charge in [-0.3, -0.25) is 4.79 Å². The van der Waals surface area contributed by atoms with Crippen molar-refractivity contribution < 1.29 is 23.1 Å². The van der Waals surface area contributed by atoms with Gasteiger partial charge in [0.25, 0.3) is 5.91 Å². The first-order valence-corrected chi connectivity index (χ1v) is 10.1. The summed E-state index contributed by atoms with van der Waals surface area (Å²) in [6, 6.07) is 6.55. The van der Waals surface area contributed by atoms with E-state index in [4.69, 9.17) is 0 Å². The molecule has 10 heteroatoms. The van der Waals surface area contributed by atoms with Gasteiger partial charge in [0.2, 0.25) is 0 Å². The molecule has 0 saturated carbocycles. The van der Waals surface area contributed by atoms with Gasteiger partial charge in [-0.05, 0) is 38.1 Å². The lowest BCUT2D eigenvalue weighted by Crippen LogP contribution is -2.39. The number of aromatic nitrogens is 2. The van der Waals surface area contributed by atoms with Crippen molar-refractivity contribution >= 4 is 33.1 Å². The van der Waals surface area contributed by atoms with Crippen molar-refractivity contribution in [3.05, 3.63) is 52.3 Å². The molecule has 0 unspecified atom stereocenters. The molecule has 3 N–H and O–H groups in total. The summed E-state index contributed by atoms with van der Waals surface area (Å²) in [5.41, 5.74) is -1.39. The zero-order valence-corrected chi connectivity index (χ0v) is 17.0. The number of amides is 1. The number of pyridine rings is 1. The Balaban J connectivity index is 1.71. The van der Waals surface area contributed by atoms with Crippen molar-refractivity contribution in [3.63, 3.8) is 0 Å². The maximum Gasteiger partial charge on any atom is 0.433 e. The van der Waals surface area contributed by atoms with Crippen molar-refractivity contribution in [2.24, 2.45) is 0 Å². The maximum atomic E-state index is 12.9. The van der Waals surface area contributed by atoms with E-state index in [2.05, 4.69) is 20.6 Å². The number of nitrogens with zero attached hydrogens (tertiary/aromatic N) is 2. The van der Waals surface area contributed by atoms with Crippen LogP contribution in [0.3, 0.4) is 0 Å². The molecule has 1 aromatic carbocycles. The fourth-order valence-corrected chi connectivity index (χ4v) is 4.23. The van der Waals surface area contributed by atoms with E-state index in [0.717, 1.165) is 34.9 Å². The number of benzene rings is 1. The maximum absolute atomic E-state index is 12.9. The van der Waals surface area contributed by atoms with E-state index < -0.39 is 23.4 Å². The minimum Gasteiger partial charge on any atom is -0.386 e. The highest BCUT2D eigenvalue weighted by Gasteiger charge is 2.33. The molecule has 1 saturated heterocycles. The van der Waals surface area contributed by atoms with E-state index >= 15 is 0 Å². The molecule has 0 radical (unpaired) electrons. The van der Waals surface area contributed by atoms with E-state index in [1.165, 1.54) is 17.4 Å². The molecule has 3 heterocycles. The fraction of sp³-hybridized carbons (Fsp3) is 0.350. The Morgan fingerprint density at radius 3 is 2.57 bits per heavy atom. The summed E-state index contributed by atoms with van der Waals surface area (Å²) in [4.78, 5) is 20.7. The molecule has 2 aromatic heterocycles. The second-order valence-corrected chi connectivity index (χ2v) is 8.75. The Morgan fingerprint density at radius 1 is 1.23 bits per heavy atom. The summed E-state index contributed by atoms with van der Waals surface area (Å²) in [6.45, 7) is 4.83. The number of rotatable bonds is 4. The number of carbonyl (C=O) groups is 1. The van der Waals surface area contributed by atoms with E-state index in [-0.39, 0.29) is 5.69 Å². The third-order valence-electron chi connectivity index (χ3n) is 4.85. The summed E-state index contributed by atoms with van der Waals surface area (Å²) < 4.78 is 39.6. The summed E-state index contributed by atoms with van der Waals surface area (Å²) in [5.74, 6) is -0.459. The van der Waals surface area contributed by atoms with Gasteiger partial charge in [0.1, 0.15) is 11.4 Å². The number of hydrogen-bond acceptors (Lipinski definition) is 6. The van der Waals surface area contributed by atoms with E-state index in [1.807, 2.05) is 0 Å². The molecule has 158 valence electrons. The number of anilines is 1. The van der Waals surface area contributed by atoms with Gasteiger partial charge in [0.15, 0.2) is 0 Å². The number of aliphatic hydroxyl groups is 1. The summed E-state index contributed by atoms with van der Waals surface area (Å²) in [7, 11) is 0. The molecule has 1 aliphatic rings. The number of hydrogen-bond donors (Lipinski definition) is 3. The third kappa shape index (κ3) is 4.03. The van der Waals surface area contributed by atoms with Crippen molar-refractivity contribution in [2.45, 2.75) is 31.5 Å². The van der Waals surface area contributed by atoms with Crippen LogP contribution in [0.1, 0.15) is 46.5 Å². The first-order valence-electron chi connectivity index (χ1n) is 9.26. The van der Waals surface area contributed by atoms with Gasteiger partial charge in [-0.25, -0.2) is 9.97 Å². The molecular formula is C20H19F3N4O2S. The van der Waals surface area contributed by atoms with Crippen molar-refractivity contribution in [3.8, 4) is 0 Å². The number of nitrogens with one attached hydrogen (secondary N) is 2. The molecule has 1 amide bonds. The number of halogens is 3. The highest BCUT2D eigenvalue weighted by Crippen LogP contribution is 2.37. The molecule has 1 fully saturated rings. The largest absolute Gasteiger partial charge is 0.433 e. The van der Waals surface area contributed by atoms with E-state index in [1.54, 1.807) is 26.0 Å². The first kappa shape index (κ1) is 20.7. The van der Waals surface area contributed by atoms with Crippen molar-refractivity contribution in [1.29, 1.82) is 0 Å². The second kappa shape index (κ2) is 7.29. The van der Waals surface area contributed by atoms with E-state index in [0.29, 0.717) is 22.7 Å². The zero-order valence-electron chi connectivity index (χ0n) is 16.2. The topological polar surface area (TPSA) is 87.1 Å². The average Bonchev–Trinajstić information content (AvgIpc) is 3.00. The van der Waals surface area contributed by atoms with Crippen LogP contribution in [0.2, 0.25) is 0 Å². The summed E-state index contributed by atoms with van der Waals surface area (Å²) >= 11 is 1.49.